The van der Waals surface area contributed by atoms with E-state index in [1.807, 2.05) is 54.6 Å². The molecule has 3 aromatic rings. The number of hydrogen-bond donors (Lipinski definition) is 0. The van der Waals surface area contributed by atoms with Gasteiger partial charge in [-0.2, -0.15) is 0 Å². The molecular weight excluding hydrogens is 276 g/mol. The summed E-state index contributed by atoms with van der Waals surface area (Å²) in [6.45, 7) is 0. The Kier molecular flexibility index (Phi) is 4.01. The zero-order chi connectivity index (χ0) is 15.4. The standard InChI is InChI=1S/C18H16N2O2/c1-21-17-10-4-8-15(19-17)13-6-3-7-14(12-13)16-9-5-11-18(20-16)22-2/h3-12H,1-2H3. The Bertz CT molecular complexity index is 725. The van der Waals surface area contributed by atoms with E-state index in [0.717, 1.165) is 22.5 Å². The maximum atomic E-state index is 5.18. The first-order chi connectivity index (χ1) is 10.8. The van der Waals surface area contributed by atoms with Crippen molar-refractivity contribution >= 4 is 0 Å². The number of ether oxygens (including phenoxy) is 2. The molecule has 2 aromatic heterocycles. The first-order valence-corrected chi connectivity index (χ1v) is 6.93. The highest BCUT2D eigenvalue weighted by Crippen LogP contribution is 2.26. The van der Waals surface area contributed by atoms with E-state index in [4.69, 9.17) is 9.47 Å². The van der Waals surface area contributed by atoms with Gasteiger partial charge in [0, 0.05) is 23.3 Å². The number of pyridine rings is 2. The van der Waals surface area contributed by atoms with Gasteiger partial charge in [-0.3, -0.25) is 0 Å². The van der Waals surface area contributed by atoms with Crippen molar-refractivity contribution in [3.05, 3.63) is 60.7 Å². The molecule has 4 heteroatoms. The molecule has 0 aliphatic rings. The lowest BCUT2D eigenvalue weighted by Crippen LogP contribution is -1.91. The minimum atomic E-state index is 0.599. The van der Waals surface area contributed by atoms with Crippen molar-refractivity contribution in [1.82, 2.24) is 9.97 Å². The smallest absolute Gasteiger partial charge is 0.213 e. The molecule has 0 radical (unpaired) electrons. The highest BCUT2D eigenvalue weighted by atomic mass is 16.5. The van der Waals surface area contributed by atoms with Crippen LogP contribution in [-0.4, -0.2) is 24.2 Å². The SMILES string of the molecule is COc1cccc(-c2cccc(-c3cccc(OC)n3)c2)n1. The van der Waals surface area contributed by atoms with E-state index in [0.29, 0.717) is 11.8 Å². The van der Waals surface area contributed by atoms with Crippen LogP contribution in [0.4, 0.5) is 0 Å². The summed E-state index contributed by atoms with van der Waals surface area (Å²) in [6, 6.07) is 19.5. The van der Waals surface area contributed by atoms with E-state index in [-0.39, 0.29) is 0 Å². The number of hydrogen-bond acceptors (Lipinski definition) is 4. The molecule has 0 amide bonds. The average Bonchev–Trinajstić information content (AvgIpc) is 2.62. The summed E-state index contributed by atoms with van der Waals surface area (Å²) in [5, 5.41) is 0. The van der Waals surface area contributed by atoms with Gasteiger partial charge in [0.05, 0.1) is 25.6 Å². The van der Waals surface area contributed by atoms with Crippen molar-refractivity contribution in [3.8, 4) is 34.3 Å². The molecule has 4 nitrogen and oxygen atoms in total. The second-order valence-electron chi connectivity index (χ2n) is 4.71. The molecule has 0 aliphatic heterocycles. The second kappa shape index (κ2) is 6.26. The lowest BCUT2D eigenvalue weighted by Gasteiger charge is -2.07. The molecule has 0 aliphatic carbocycles. The first-order valence-electron chi connectivity index (χ1n) is 6.93. The summed E-state index contributed by atoms with van der Waals surface area (Å²) in [7, 11) is 3.23. The third kappa shape index (κ3) is 2.91. The number of benzene rings is 1. The Morgan fingerprint density at radius 2 is 1.09 bits per heavy atom. The maximum Gasteiger partial charge on any atom is 0.213 e. The number of aromatic nitrogens is 2. The third-order valence-corrected chi connectivity index (χ3v) is 3.32. The fourth-order valence-corrected chi connectivity index (χ4v) is 2.22. The Morgan fingerprint density at radius 3 is 1.55 bits per heavy atom. The minimum absolute atomic E-state index is 0.599. The average molecular weight is 292 g/mol. The van der Waals surface area contributed by atoms with Gasteiger partial charge < -0.3 is 9.47 Å². The minimum Gasteiger partial charge on any atom is -0.481 e. The third-order valence-electron chi connectivity index (χ3n) is 3.32. The largest absolute Gasteiger partial charge is 0.481 e. The van der Waals surface area contributed by atoms with Crippen LogP contribution < -0.4 is 9.47 Å². The Hall–Kier alpha value is -2.88. The van der Waals surface area contributed by atoms with E-state index < -0.39 is 0 Å². The van der Waals surface area contributed by atoms with Crippen LogP contribution in [0, 0.1) is 0 Å². The van der Waals surface area contributed by atoms with Gasteiger partial charge in [0.25, 0.3) is 0 Å². The molecule has 0 atom stereocenters. The van der Waals surface area contributed by atoms with Crippen LogP contribution in [0.3, 0.4) is 0 Å². The fraction of sp³-hybridized carbons (Fsp3) is 0.111. The predicted octanol–water partition coefficient (Wildman–Crippen LogP) is 3.83. The van der Waals surface area contributed by atoms with Crippen LogP contribution in [0.5, 0.6) is 11.8 Å². The van der Waals surface area contributed by atoms with Crippen molar-refractivity contribution in [1.29, 1.82) is 0 Å². The Morgan fingerprint density at radius 1 is 0.636 bits per heavy atom. The van der Waals surface area contributed by atoms with Gasteiger partial charge in [-0.05, 0) is 18.2 Å². The summed E-state index contributed by atoms with van der Waals surface area (Å²) in [4.78, 5) is 8.93. The van der Waals surface area contributed by atoms with E-state index in [1.165, 1.54) is 0 Å². The predicted molar refractivity (Wildman–Crippen MR) is 86.0 cm³/mol. The van der Waals surface area contributed by atoms with Gasteiger partial charge in [-0.1, -0.05) is 30.3 Å². The molecule has 110 valence electrons. The van der Waals surface area contributed by atoms with Gasteiger partial charge in [0.2, 0.25) is 11.8 Å². The van der Waals surface area contributed by atoms with Crippen LogP contribution in [0.25, 0.3) is 22.5 Å². The van der Waals surface area contributed by atoms with Gasteiger partial charge >= 0.3 is 0 Å². The van der Waals surface area contributed by atoms with Gasteiger partial charge in [0.15, 0.2) is 0 Å². The van der Waals surface area contributed by atoms with E-state index in [9.17, 15) is 0 Å². The van der Waals surface area contributed by atoms with Gasteiger partial charge in [-0.15, -0.1) is 0 Å². The Labute approximate surface area is 129 Å². The maximum absolute atomic E-state index is 5.18. The van der Waals surface area contributed by atoms with Crippen molar-refractivity contribution in [2.24, 2.45) is 0 Å². The molecule has 0 N–H and O–H groups in total. The summed E-state index contributed by atoms with van der Waals surface area (Å²) < 4.78 is 10.4. The van der Waals surface area contributed by atoms with Gasteiger partial charge in [-0.25, -0.2) is 9.97 Å². The summed E-state index contributed by atoms with van der Waals surface area (Å²) in [6.07, 6.45) is 0. The van der Waals surface area contributed by atoms with Crippen molar-refractivity contribution < 1.29 is 9.47 Å². The molecular formula is C18H16N2O2. The summed E-state index contributed by atoms with van der Waals surface area (Å²) >= 11 is 0. The van der Waals surface area contributed by atoms with Crippen molar-refractivity contribution in [2.45, 2.75) is 0 Å². The van der Waals surface area contributed by atoms with Gasteiger partial charge in [0.1, 0.15) is 0 Å². The normalized spacial score (nSPS) is 10.3. The van der Waals surface area contributed by atoms with Crippen LogP contribution in [-0.2, 0) is 0 Å². The molecule has 1 aromatic carbocycles. The second-order valence-corrected chi connectivity index (χ2v) is 4.71. The van der Waals surface area contributed by atoms with E-state index >= 15 is 0 Å². The van der Waals surface area contributed by atoms with Crippen molar-refractivity contribution in [3.63, 3.8) is 0 Å². The summed E-state index contributed by atoms with van der Waals surface area (Å²) in [5.41, 5.74) is 3.76. The zero-order valence-electron chi connectivity index (χ0n) is 12.5. The molecule has 22 heavy (non-hydrogen) atoms. The van der Waals surface area contributed by atoms with Crippen LogP contribution in [0.2, 0.25) is 0 Å². The highest BCUT2D eigenvalue weighted by molar-refractivity contribution is 5.69. The molecule has 3 rings (SSSR count). The topological polar surface area (TPSA) is 44.2 Å². The monoisotopic (exact) mass is 292 g/mol. The molecule has 0 unspecified atom stereocenters. The van der Waals surface area contributed by atoms with E-state index in [2.05, 4.69) is 16.0 Å². The molecule has 0 bridgehead atoms. The molecule has 0 saturated heterocycles. The molecule has 0 spiro atoms. The van der Waals surface area contributed by atoms with Crippen LogP contribution in [0.15, 0.2) is 60.7 Å². The zero-order valence-corrected chi connectivity index (χ0v) is 12.5. The lowest BCUT2D eigenvalue weighted by molar-refractivity contribution is 0.398. The number of methoxy groups -OCH3 is 2. The Balaban J connectivity index is 2.01. The highest BCUT2D eigenvalue weighted by Gasteiger charge is 2.05. The van der Waals surface area contributed by atoms with Crippen molar-refractivity contribution in [2.75, 3.05) is 14.2 Å². The molecule has 0 fully saturated rings. The van der Waals surface area contributed by atoms with Crippen LogP contribution >= 0.6 is 0 Å². The van der Waals surface area contributed by atoms with E-state index in [1.54, 1.807) is 14.2 Å². The lowest BCUT2D eigenvalue weighted by atomic mass is 10.0. The molecule has 0 saturated carbocycles. The number of nitrogens with zero attached hydrogens (tertiary/aromatic N) is 2. The quantitative estimate of drug-likeness (QED) is 0.733. The first kappa shape index (κ1) is 14.1. The fourth-order valence-electron chi connectivity index (χ4n) is 2.22. The summed E-state index contributed by atoms with van der Waals surface area (Å²) in [5.74, 6) is 1.20. The molecule has 2 heterocycles. The number of rotatable bonds is 4. The van der Waals surface area contributed by atoms with Crippen LogP contribution in [0.1, 0.15) is 0 Å².